The second-order valence-electron chi connectivity index (χ2n) is 5.67. The molecule has 2 aromatic heterocycles. The highest BCUT2D eigenvalue weighted by Gasteiger charge is 2.15. The van der Waals surface area contributed by atoms with E-state index in [1.165, 1.54) is 0 Å². The van der Waals surface area contributed by atoms with Crippen molar-refractivity contribution in [1.82, 2.24) is 15.0 Å². The second-order valence-corrected chi connectivity index (χ2v) is 7.03. The quantitative estimate of drug-likeness (QED) is 0.779. The van der Waals surface area contributed by atoms with Gasteiger partial charge in [0.05, 0.1) is 39.4 Å². The Kier molecular flexibility index (Phi) is 4.43. The molecular weight excluding hydrogens is 310 g/mol. The minimum atomic E-state index is -1.31. The molecular formula is C17H19N3O2S. The van der Waals surface area contributed by atoms with E-state index < -0.39 is 10.8 Å². The molecule has 6 heteroatoms. The lowest BCUT2D eigenvalue weighted by atomic mass is 10.2. The van der Waals surface area contributed by atoms with Crippen molar-refractivity contribution in [3.8, 4) is 5.75 Å². The topological polar surface area (TPSA) is 67.9 Å². The van der Waals surface area contributed by atoms with E-state index in [9.17, 15) is 4.21 Å². The van der Waals surface area contributed by atoms with Crippen molar-refractivity contribution in [2.75, 3.05) is 0 Å². The van der Waals surface area contributed by atoms with Gasteiger partial charge in [0, 0.05) is 6.20 Å². The number of nitrogens with zero attached hydrogens (tertiary/aromatic N) is 2. The van der Waals surface area contributed by atoms with Crippen molar-refractivity contribution in [2.45, 2.75) is 37.8 Å². The summed E-state index contributed by atoms with van der Waals surface area (Å²) in [6.07, 6.45) is 1.72. The minimum absolute atomic E-state index is 0.0422. The monoisotopic (exact) mass is 329 g/mol. The van der Waals surface area contributed by atoms with Gasteiger partial charge in [-0.15, -0.1) is 0 Å². The molecule has 2 heterocycles. The first-order valence-electron chi connectivity index (χ1n) is 7.48. The van der Waals surface area contributed by atoms with Gasteiger partial charge in [0.25, 0.3) is 0 Å². The highest BCUT2D eigenvalue weighted by molar-refractivity contribution is 7.84. The number of imidazole rings is 1. The molecule has 3 aromatic rings. The first-order chi connectivity index (χ1) is 11.0. The number of ether oxygens (including phenoxy) is 1. The van der Waals surface area contributed by atoms with Crippen LogP contribution < -0.4 is 4.74 Å². The number of nitrogens with one attached hydrogen (secondary N) is 1. The van der Waals surface area contributed by atoms with Gasteiger partial charge in [0.2, 0.25) is 0 Å². The maximum Gasteiger partial charge on any atom is 0.197 e. The van der Waals surface area contributed by atoms with Crippen LogP contribution in [0.3, 0.4) is 0 Å². The first-order valence-corrected chi connectivity index (χ1v) is 8.80. The zero-order chi connectivity index (χ0) is 16.4. The van der Waals surface area contributed by atoms with Crippen LogP contribution in [0.15, 0.2) is 41.7 Å². The number of fused-ring (bicyclic) bond motifs is 1. The Balaban J connectivity index is 1.86. The van der Waals surface area contributed by atoms with Crippen LogP contribution in [0.2, 0.25) is 0 Å². The Morgan fingerprint density at radius 2 is 2.13 bits per heavy atom. The van der Waals surface area contributed by atoms with Crippen molar-refractivity contribution >= 4 is 21.8 Å². The van der Waals surface area contributed by atoms with E-state index in [0.717, 1.165) is 16.6 Å². The van der Waals surface area contributed by atoms with Gasteiger partial charge in [0.1, 0.15) is 5.75 Å². The summed E-state index contributed by atoms with van der Waals surface area (Å²) in [5, 5.41) is 0.465. The van der Waals surface area contributed by atoms with Crippen LogP contribution in [0.1, 0.15) is 25.1 Å². The third kappa shape index (κ3) is 3.59. The van der Waals surface area contributed by atoms with E-state index in [1.807, 2.05) is 51.1 Å². The average Bonchev–Trinajstić information content (AvgIpc) is 2.92. The smallest absolute Gasteiger partial charge is 0.197 e. The molecule has 0 spiro atoms. The number of hydrogen-bond acceptors (Lipinski definition) is 4. The van der Waals surface area contributed by atoms with Crippen molar-refractivity contribution in [3.05, 3.63) is 47.8 Å². The van der Waals surface area contributed by atoms with E-state index in [0.29, 0.717) is 16.6 Å². The van der Waals surface area contributed by atoms with Crippen LogP contribution in [-0.2, 0) is 16.6 Å². The average molecular weight is 329 g/mol. The Morgan fingerprint density at radius 3 is 2.91 bits per heavy atom. The Labute approximate surface area is 137 Å². The molecule has 5 nitrogen and oxygen atoms in total. The lowest BCUT2D eigenvalue weighted by molar-refractivity contribution is 0.239. The highest BCUT2D eigenvalue weighted by atomic mass is 32.2. The van der Waals surface area contributed by atoms with Gasteiger partial charge in [-0.1, -0.05) is 6.07 Å². The van der Waals surface area contributed by atoms with Crippen LogP contribution in [0, 0.1) is 6.92 Å². The Bertz CT molecular complexity index is 858. The number of rotatable bonds is 5. The molecule has 0 aliphatic heterocycles. The molecule has 3 rings (SSSR count). The van der Waals surface area contributed by atoms with Crippen molar-refractivity contribution in [1.29, 1.82) is 0 Å². The summed E-state index contributed by atoms with van der Waals surface area (Å²) >= 11 is 0. The summed E-state index contributed by atoms with van der Waals surface area (Å²) in [4.78, 5) is 11.9. The van der Waals surface area contributed by atoms with E-state index >= 15 is 0 Å². The molecule has 1 N–H and O–H groups in total. The summed E-state index contributed by atoms with van der Waals surface area (Å²) in [6.45, 7) is 5.92. The standard InChI is InChI=1S/C17H19N3O2S/c1-11(2)22-16-5-4-8-18-15(16)10-23(21)17-19-13-7-6-12(3)9-14(13)20-17/h4-9,11H,10H2,1-3H3,(H,19,20). The van der Waals surface area contributed by atoms with Crippen LogP contribution in [0.25, 0.3) is 11.0 Å². The molecule has 0 amide bonds. The second kappa shape index (κ2) is 6.50. The third-order valence-electron chi connectivity index (χ3n) is 3.31. The number of benzene rings is 1. The molecule has 0 bridgehead atoms. The SMILES string of the molecule is Cc1ccc2nc(S(=O)Cc3ncccc3OC(C)C)[nH]c2c1. The lowest BCUT2D eigenvalue weighted by Crippen LogP contribution is -2.09. The summed E-state index contributed by atoms with van der Waals surface area (Å²) in [5.41, 5.74) is 3.53. The highest BCUT2D eigenvalue weighted by Crippen LogP contribution is 2.21. The van der Waals surface area contributed by atoms with Crippen molar-refractivity contribution in [3.63, 3.8) is 0 Å². The Hall–Kier alpha value is -2.21. The molecule has 120 valence electrons. The van der Waals surface area contributed by atoms with Gasteiger partial charge in [-0.25, -0.2) is 4.98 Å². The molecule has 0 saturated carbocycles. The Morgan fingerprint density at radius 1 is 1.30 bits per heavy atom. The van der Waals surface area contributed by atoms with Crippen LogP contribution in [0.4, 0.5) is 0 Å². The van der Waals surface area contributed by atoms with E-state index in [-0.39, 0.29) is 11.9 Å². The predicted molar refractivity (Wildman–Crippen MR) is 90.9 cm³/mol. The van der Waals surface area contributed by atoms with Gasteiger partial charge >= 0.3 is 0 Å². The molecule has 0 aliphatic carbocycles. The predicted octanol–water partition coefficient (Wildman–Crippen LogP) is 3.36. The van der Waals surface area contributed by atoms with Gasteiger partial charge < -0.3 is 9.72 Å². The molecule has 23 heavy (non-hydrogen) atoms. The molecule has 1 unspecified atom stereocenters. The van der Waals surface area contributed by atoms with Crippen LogP contribution in [0.5, 0.6) is 5.75 Å². The molecule has 0 aliphatic rings. The first kappa shape index (κ1) is 15.7. The number of hydrogen-bond donors (Lipinski definition) is 1. The molecule has 0 fully saturated rings. The summed E-state index contributed by atoms with van der Waals surface area (Å²) in [7, 11) is -1.31. The van der Waals surface area contributed by atoms with E-state index in [2.05, 4.69) is 15.0 Å². The van der Waals surface area contributed by atoms with E-state index in [4.69, 9.17) is 4.74 Å². The molecule has 0 radical (unpaired) electrons. The summed E-state index contributed by atoms with van der Waals surface area (Å²) in [6, 6.07) is 9.58. The number of aromatic nitrogens is 3. The fourth-order valence-electron chi connectivity index (χ4n) is 2.29. The fraction of sp³-hybridized carbons (Fsp3) is 0.294. The number of pyridine rings is 1. The third-order valence-corrected chi connectivity index (χ3v) is 4.47. The molecule has 1 aromatic carbocycles. The maximum absolute atomic E-state index is 12.6. The normalized spacial score (nSPS) is 12.7. The molecule has 1 atom stereocenters. The van der Waals surface area contributed by atoms with Gasteiger partial charge in [-0.2, -0.15) is 0 Å². The number of aromatic amines is 1. The van der Waals surface area contributed by atoms with Gasteiger partial charge in [-0.05, 0) is 50.6 Å². The number of aryl methyl sites for hydroxylation is 1. The maximum atomic E-state index is 12.6. The largest absolute Gasteiger partial charge is 0.489 e. The van der Waals surface area contributed by atoms with Crippen molar-refractivity contribution in [2.24, 2.45) is 0 Å². The van der Waals surface area contributed by atoms with Crippen molar-refractivity contribution < 1.29 is 8.95 Å². The molecule has 0 saturated heterocycles. The fourth-order valence-corrected chi connectivity index (χ4v) is 3.32. The summed E-state index contributed by atoms with van der Waals surface area (Å²) in [5.74, 6) is 0.935. The zero-order valence-corrected chi connectivity index (χ0v) is 14.2. The zero-order valence-electron chi connectivity index (χ0n) is 13.4. The number of H-pyrrole nitrogens is 1. The minimum Gasteiger partial charge on any atom is -0.489 e. The van der Waals surface area contributed by atoms with Crippen LogP contribution in [-0.4, -0.2) is 25.3 Å². The van der Waals surface area contributed by atoms with Crippen LogP contribution >= 0.6 is 0 Å². The van der Waals surface area contributed by atoms with E-state index in [1.54, 1.807) is 6.20 Å². The van der Waals surface area contributed by atoms with Gasteiger partial charge in [0.15, 0.2) is 5.16 Å². The summed E-state index contributed by atoms with van der Waals surface area (Å²) < 4.78 is 18.4. The lowest BCUT2D eigenvalue weighted by Gasteiger charge is -2.12. The van der Waals surface area contributed by atoms with Gasteiger partial charge in [-0.3, -0.25) is 9.19 Å².